The fourth-order valence-corrected chi connectivity index (χ4v) is 3.31. The second kappa shape index (κ2) is 7.20. The minimum Gasteiger partial charge on any atom is -0.491 e. The predicted octanol–water partition coefficient (Wildman–Crippen LogP) is 3.51. The molecule has 1 heterocycles. The molecule has 0 fully saturated rings. The van der Waals surface area contributed by atoms with E-state index in [1.807, 2.05) is 63.2 Å². The zero-order valence-electron chi connectivity index (χ0n) is 15.6. The van der Waals surface area contributed by atoms with Gasteiger partial charge in [-0.2, -0.15) is 0 Å². The summed E-state index contributed by atoms with van der Waals surface area (Å²) in [6.07, 6.45) is 0.119. The van der Waals surface area contributed by atoms with Gasteiger partial charge in [0, 0.05) is 12.5 Å². The average Bonchev–Trinajstić information content (AvgIpc) is 2.82. The minimum atomic E-state index is -0.619. The topological polar surface area (TPSA) is 58.6 Å². The maximum atomic E-state index is 13.0. The third kappa shape index (κ3) is 3.57. The molecule has 136 valence electrons. The number of fused-ring (bicyclic) bond motifs is 1. The molecule has 3 rings (SSSR count). The van der Waals surface area contributed by atoms with Crippen molar-refractivity contribution in [1.82, 2.24) is 5.32 Å². The SMILES string of the molecule is CC(=O)N[C@H]1C(=O)N(Cc2ccc(OC(C)C)cc2)c2c(C)cccc21. The highest BCUT2D eigenvalue weighted by molar-refractivity contribution is 6.06. The number of carbonyl (C=O) groups excluding carboxylic acids is 2. The third-order valence-corrected chi connectivity index (χ3v) is 4.35. The highest BCUT2D eigenvalue weighted by atomic mass is 16.5. The summed E-state index contributed by atoms with van der Waals surface area (Å²) in [4.78, 5) is 26.2. The van der Waals surface area contributed by atoms with E-state index in [4.69, 9.17) is 4.74 Å². The summed E-state index contributed by atoms with van der Waals surface area (Å²) in [7, 11) is 0. The van der Waals surface area contributed by atoms with E-state index in [1.54, 1.807) is 4.90 Å². The summed E-state index contributed by atoms with van der Waals surface area (Å²) in [5.74, 6) is 0.490. The van der Waals surface area contributed by atoms with Gasteiger partial charge in [-0.05, 0) is 44.0 Å². The van der Waals surface area contributed by atoms with Crippen molar-refractivity contribution in [2.45, 2.75) is 46.4 Å². The average molecular weight is 352 g/mol. The number of ether oxygens (including phenoxy) is 1. The van der Waals surface area contributed by atoms with Gasteiger partial charge >= 0.3 is 0 Å². The first-order valence-corrected chi connectivity index (χ1v) is 8.80. The molecule has 0 saturated heterocycles. The van der Waals surface area contributed by atoms with Gasteiger partial charge in [0.05, 0.1) is 18.3 Å². The number of aryl methyl sites for hydroxylation is 1. The number of hydrogen-bond donors (Lipinski definition) is 1. The van der Waals surface area contributed by atoms with Crippen LogP contribution in [-0.4, -0.2) is 17.9 Å². The summed E-state index contributed by atoms with van der Waals surface area (Å²) < 4.78 is 5.67. The molecule has 26 heavy (non-hydrogen) atoms. The number of para-hydroxylation sites is 1. The maximum absolute atomic E-state index is 13.0. The van der Waals surface area contributed by atoms with Gasteiger partial charge in [0.1, 0.15) is 11.8 Å². The number of rotatable bonds is 5. The number of nitrogens with zero attached hydrogens (tertiary/aromatic N) is 1. The maximum Gasteiger partial charge on any atom is 0.254 e. The van der Waals surface area contributed by atoms with Crippen LogP contribution in [0.5, 0.6) is 5.75 Å². The first-order chi connectivity index (χ1) is 12.4. The number of amides is 2. The lowest BCUT2D eigenvalue weighted by molar-refractivity contribution is -0.126. The van der Waals surface area contributed by atoms with Crippen LogP contribution in [0.1, 0.15) is 43.5 Å². The van der Waals surface area contributed by atoms with Crippen LogP contribution in [0.3, 0.4) is 0 Å². The molecule has 5 nitrogen and oxygen atoms in total. The molecule has 0 saturated carbocycles. The standard InChI is InChI=1S/C21H24N2O3/c1-13(2)26-17-10-8-16(9-11-17)12-23-20-14(3)6-5-7-18(20)19(21(23)25)22-15(4)24/h5-11,13,19H,12H2,1-4H3,(H,22,24)/t19-/m1/s1. The Hall–Kier alpha value is -2.82. The van der Waals surface area contributed by atoms with E-state index in [9.17, 15) is 9.59 Å². The number of nitrogens with one attached hydrogen (secondary N) is 1. The highest BCUT2D eigenvalue weighted by Gasteiger charge is 2.38. The Morgan fingerprint density at radius 2 is 1.88 bits per heavy atom. The molecule has 0 unspecified atom stereocenters. The van der Waals surface area contributed by atoms with Crippen molar-refractivity contribution < 1.29 is 14.3 Å². The van der Waals surface area contributed by atoms with Crippen molar-refractivity contribution in [3.8, 4) is 5.75 Å². The van der Waals surface area contributed by atoms with E-state index in [0.717, 1.165) is 28.1 Å². The molecule has 0 aromatic heterocycles. The largest absolute Gasteiger partial charge is 0.491 e. The molecule has 1 aliphatic heterocycles. The van der Waals surface area contributed by atoms with Gasteiger partial charge in [-0.3, -0.25) is 9.59 Å². The van der Waals surface area contributed by atoms with Gasteiger partial charge in [-0.25, -0.2) is 0 Å². The van der Waals surface area contributed by atoms with Crippen LogP contribution < -0.4 is 15.0 Å². The number of benzene rings is 2. The van der Waals surface area contributed by atoms with E-state index in [-0.39, 0.29) is 17.9 Å². The summed E-state index contributed by atoms with van der Waals surface area (Å²) >= 11 is 0. The van der Waals surface area contributed by atoms with Crippen LogP contribution in [0.4, 0.5) is 5.69 Å². The Bertz CT molecular complexity index is 828. The van der Waals surface area contributed by atoms with E-state index in [0.29, 0.717) is 6.54 Å². The zero-order chi connectivity index (χ0) is 18.8. The van der Waals surface area contributed by atoms with Crippen molar-refractivity contribution in [1.29, 1.82) is 0 Å². The molecule has 5 heteroatoms. The van der Waals surface area contributed by atoms with E-state index in [2.05, 4.69) is 5.32 Å². The first-order valence-electron chi connectivity index (χ1n) is 8.80. The van der Waals surface area contributed by atoms with Crippen LogP contribution in [0.15, 0.2) is 42.5 Å². The van der Waals surface area contributed by atoms with Crippen LogP contribution in [0.2, 0.25) is 0 Å². The molecule has 0 bridgehead atoms. The van der Waals surface area contributed by atoms with Crippen molar-refractivity contribution in [2.24, 2.45) is 0 Å². The van der Waals surface area contributed by atoms with Crippen molar-refractivity contribution in [3.05, 3.63) is 59.2 Å². The summed E-state index contributed by atoms with van der Waals surface area (Å²) in [6, 6.07) is 12.9. The molecule has 0 spiro atoms. The van der Waals surface area contributed by atoms with Crippen LogP contribution in [0.25, 0.3) is 0 Å². The fourth-order valence-electron chi connectivity index (χ4n) is 3.31. The second-order valence-corrected chi connectivity index (χ2v) is 6.88. The lowest BCUT2D eigenvalue weighted by Crippen LogP contribution is -2.36. The third-order valence-electron chi connectivity index (χ3n) is 4.35. The zero-order valence-corrected chi connectivity index (χ0v) is 15.6. The normalized spacial score (nSPS) is 16.0. The Morgan fingerprint density at radius 3 is 2.50 bits per heavy atom. The number of carbonyl (C=O) groups is 2. The summed E-state index contributed by atoms with van der Waals surface area (Å²) in [5.41, 5.74) is 3.76. The predicted molar refractivity (Wildman–Crippen MR) is 101 cm³/mol. The molecule has 1 aliphatic rings. The van der Waals surface area contributed by atoms with Gasteiger partial charge in [-0.15, -0.1) is 0 Å². The van der Waals surface area contributed by atoms with Gasteiger partial charge < -0.3 is 15.0 Å². The second-order valence-electron chi connectivity index (χ2n) is 6.88. The molecule has 2 amide bonds. The van der Waals surface area contributed by atoms with Crippen LogP contribution in [-0.2, 0) is 16.1 Å². The molecule has 1 N–H and O–H groups in total. The van der Waals surface area contributed by atoms with Gasteiger partial charge in [0.25, 0.3) is 5.91 Å². The van der Waals surface area contributed by atoms with E-state index < -0.39 is 6.04 Å². The summed E-state index contributed by atoms with van der Waals surface area (Å²) in [5, 5.41) is 2.77. The Balaban J connectivity index is 1.88. The molecular weight excluding hydrogens is 328 g/mol. The van der Waals surface area contributed by atoms with Crippen LogP contribution >= 0.6 is 0 Å². The van der Waals surface area contributed by atoms with Crippen molar-refractivity contribution in [3.63, 3.8) is 0 Å². The molecule has 0 aliphatic carbocycles. The molecule has 2 aromatic carbocycles. The Labute approximate surface area is 154 Å². The summed E-state index contributed by atoms with van der Waals surface area (Å²) in [6.45, 7) is 7.83. The molecule has 0 radical (unpaired) electrons. The minimum absolute atomic E-state index is 0.105. The molecular formula is C21H24N2O3. The van der Waals surface area contributed by atoms with E-state index in [1.165, 1.54) is 6.92 Å². The van der Waals surface area contributed by atoms with Crippen molar-refractivity contribution in [2.75, 3.05) is 4.90 Å². The fraction of sp³-hybridized carbons (Fsp3) is 0.333. The number of anilines is 1. The van der Waals surface area contributed by atoms with Crippen molar-refractivity contribution >= 4 is 17.5 Å². The highest BCUT2D eigenvalue weighted by Crippen LogP contribution is 2.39. The lowest BCUT2D eigenvalue weighted by Gasteiger charge is -2.20. The Morgan fingerprint density at radius 1 is 1.19 bits per heavy atom. The lowest BCUT2D eigenvalue weighted by atomic mass is 10.1. The van der Waals surface area contributed by atoms with Gasteiger partial charge in [-0.1, -0.05) is 30.3 Å². The first kappa shape index (κ1) is 18.0. The number of hydrogen-bond acceptors (Lipinski definition) is 3. The Kier molecular flexibility index (Phi) is 4.98. The van der Waals surface area contributed by atoms with Gasteiger partial charge in [0.2, 0.25) is 5.91 Å². The van der Waals surface area contributed by atoms with Gasteiger partial charge in [0.15, 0.2) is 0 Å². The quantitative estimate of drug-likeness (QED) is 0.896. The van der Waals surface area contributed by atoms with E-state index >= 15 is 0 Å². The smallest absolute Gasteiger partial charge is 0.254 e. The monoisotopic (exact) mass is 352 g/mol. The van der Waals surface area contributed by atoms with Crippen LogP contribution in [0, 0.1) is 6.92 Å². The molecule has 1 atom stereocenters. The molecule has 2 aromatic rings.